The van der Waals surface area contributed by atoms with Gasteiger partial charge in [-0.15, -0.1) is 11.3 Å². The van der Waals surface area contributed by atoms with Gasteiger partial charge in [0.2, 0.25) is 0 Å². The van der Waals surface area contributed by atoms with Crippen LogP contribution >= 0.6 is 11.3 Å². The molecular weight excluding hydrogens is 629 g/mol. The second kappa shape index (κ2) is 11.6. The van der Waals surface area contributed by atoms with Crippen molar-refractivity contribution in [2.24, 2.45) is 0 Å². The fourth-order valence-corrected chi connectivity index (χ4v) is 8.19. The van der Waals surface area contributed by atoms with Crippen molar-refractivity contribution in [2.45, 2.75) is 0 Å². The van der Waals surface area contributed by atoms with Crippen molar-refractivity contribution in [1.29, 1.82) is 0 Å². The standard InChI is InChI=1S/C45H28N4S/c1-3-14-29(15-4-1)33-22-12-23-36-41-37(24-13-27-40(41)50-42(33)36)45-47-43(30-16-5-2-6-17-30)46-44(48-45)31-18-11-19-32(28-31)49-38-25-9-7-20-34(38)35-21-8-10-26-39(35)49/h1-28H/i1D,3D,4D,14D,15D. The molecule has 7 aromatic carbocycles. The van der Waals surface area contributed by atoms with Crippen LogP contribution in [0.3, 0.4) is 0 Å². The molecule has 234 valence electrons. The molecule has 3 heterocycles. The Morgan fingerprint density at radius 3 is 1.86 bits per heavy atom. The minimum absolute atomic E-state index is 0.182. The van der Waals surface area contributed by atoms with Crippen molar-refractivity contribution >= 4 is 53.3 Å². The van der Waals surface area contributed by atoms with Gasteiger partial charge in [-0.05, 0) is 41.5 Å². The normalized spacial score (nSPS) is 13.0. The summed E-state index contributed by atoms with van der Waals surface area (Å²) in [5, 5.41) is 4.18. The number of thiophene rings is 1. The third kappa shape index (κ3) is 4.63. The summed E-state index contributed by atoms with van der Waals surface area (Å²) in [6.07, 6.45) is 0. The minimum Gasteiger partial charge on any atom is -0.309 e. The Labute approximate surface area is 299 Å². The third-order valence-electron chi connectivity index (χ3n) is 9.14. The summed E-state index contributed by atoms with van der Waals surface area (Å²) in [7, 11) is 0. The number of para-hydroxylation sites is 2. The first-order valence-electron chi connectivity index (χ1n) is 18.8. The molecule has 0 unspecified atom stereocenters. The van der Waals surface area contributed by atoms with Crippen molar-refractivity contribution in [3.05, 3.63) is 170 Å². The first-order chi connectivity index (χ1) is 26.9. The highest BCUT2D eigenvalue weighted by molar-refractivity contribution is 7.26. The summed E-state index contributed by atoms with van der Waals surface area (Å²) < 4.78 is 46.3. The van der Waals surface area contributed by atoms with Gasteiger partial charge in [-0.25, -0.2) is 15.0 Å². The summed E-state index contributed by atoms with van der Waals surface area (Å²) in [5.41, 5.74) is 6.49. The Hall–Kier alpha value is -6.43. The summed E-state index contributed by atoms with van der Waals surface area (Å²) in [5.74, 6) is 1.58. The second-order valence-electron chi connectivity index (χ2n) is 12.1. The topological polar surface area (TPSA) is 43.6 Å². The number of hydrogen-bond donors (Lipinski definition) is 0. The molecule has 0 saturated carbocycles. The van der Waals surface area contributed by atoms with Crippen LogP contribution < -0.4 is 0 Å². The molecule has 10 rings (SSSR count). The van der Waals surface area contributed by atoms with E-state index in [0.29, 0.717) is 23.0 Å². The van der Waals surface area contributed by atoms with E-state index >= 15 is 0 Å². The number of rotatable bonds is 5. The van der Waals surface area contributed by atoms with E-state index in [9.17, 15) is 0 Å². The van der Waals surface area contributed by atoms with Gasteiger partial charge in [-0.2, -0.15) is 0 Å². The Kier molecular flexibility index (Phi) is 5.54. The smallest absolute Gasteiger partial charge is 0.164 e. The zero-order valence-electron chi connectivity index (χ0n) is 31.5. The molecule has 0 aliphatic heterocycles. The lowest BCUT2D eigenvalue weighted by Gasteiger charge is -2.12. The monoisotopic (exact) mass is 661 g/mol. The van der Waals surface area contributed by atoms with Crippen molar-refractivity contribution < 1.29 is 6.85 Å². The minimum atomic E-state index is -0.412. The van der Waals surface area contributed by atoms with Crippen LogP contribution in [0.2, 0.25) is 0 Å². The lowest BCUT2D eigenvalue weighted by Crippen LogP contribution is -2.01. The molecule has 0 bridgehead atoms. The molecule has 4 nitrogen and oxygen atoms in total. The van der Waals surface area contributed by atoms with Gasteiger partial charge >= 0.3 is 0 Å². The molecule has 0 radical (unpaired) electrons. The fourth-order valence-electron chi connectivity index (χ4n) is 6.94. The van der Waals surface area contributed by atoms with Crippen LogP contribution in [-0.2, 0) is 0 Å². The maximum absolute atomic E-state index is 8.71. The van der Waals surface area contributed by atoms with Crippen LogP contribution in [0.25, 0.3) is 93.0 Å². The van der Waals surface area contributed by atoms with Crippen LogP contribution in [0.15, 0.2) is 170 Å². The van der Waals surface area contributed by atoms with E-state index in [0.717, 1.165) is 53.6 Å². The Bertz CT molecular complexity index is 3090. The van der Waals surface area contributed by atoms with Crippen LogP contribution in [0, 0.1) is 0 Å². The summed E-state index contributed by atoms with van der Waals surface area (Å²) >= 11 is 1.52. The molecule has 3 aromatic heterocycles. The van der Waals surface area contributed by atoms with E-state index in [1.807, 2.05) is 78.9 Å². The summed E-state index contributed by atoms with van der Waals surface area (Å²) in [6.45, 7) is 0. The van der Waals surface area contributed by atoms with Gasteiger partial charge in [0.25, 0.3) is 0 Å². The number of nitrogens with zero attached hydrogens (tertiary/aromatic N) is 4. The van der Waals surface area contributed by atoms with Gasteiger partial charge in [0, 0.05) is 53.3 Å². The third-order valence-corrected chi connectivity index (χ3v) is 10.3. The first kappa shape index (κ1) is 23.8. The lowest BCUT2D eigenvalue weighted by atomic mass is 10.0. The zero-order valence-corrected chi connectivity index (χ0v) is 27.3. The predicted octanol–water partition coefficient (Wildman–Crippen LogP) is 12.0. The van der Waals surface area contributed by atoms with Crippen molar-refractivity contribution in [1.82, 2.24) is 19.5 Å². The van der Waals surface area contributed by atoms with Crippen molar-refractivity contribution in [3.63, 3.8) is 0 Å². The van der Waals surface area contributed by atoms with E-state index in [-0.39, 0.29) is 29.7 Å². The average Bonchev–Trinajstić information content (AvgIpc) is 3.79. The maximum atomic E-state index is 8.71. The molecule has 0 N–H and O–H groups in total. The zero-order chi connectivity index (χ0) is 37.4. The van der Waals surface area contributed by atoms with Gasteiger partial charge in [-0.1, -0.05) is 139 Å². The van der Waals surface area contributed by atoms with Gasteiger partial charge in [0.1, 0.15) is 0 Å². The quantitative estimate of drug-likeness (QED) is 0.184. The Balaban J connectivity index is 1.19. The molecule has 10 aromatic rings. The van der Waals surface area contributed by atoms with E-state index in [1.54, 1.807) is 0 Å². The number of hydrogen-bond acceptors (Lipinski definition) is 4. The van der Waals surface area contributed by atoms with Crippen LogP contribution in [0.4, 0.5) is 0 Å². The van der Waals surface area contributed by atoms with Crippen LogP contribution in [0.1, 0.15) is 6.85 Å². The summed E-state index contributed by atoms with van der Waals surface area (Å²) in [6, 6.07) is 45.2. The lowest BCUT2D eigenvalue weighted by molar-refractivity contribution is 1.07. The Morgan fingerprint density at radius 1 is 0.480 bits per heavy atom. The van der Waals surface area contributed by atoms with Gasteiger partial charge in [-0.3, -0.25) is 0 Å². The van der Waals surface area contributed by atoms with E-state index < -0.39 is 6.04 Å². The van der Waals surface area contributed by atoms with E-state index in [1.165, 1.54) is 22.1 Å². The fraction of sp³-hybridized carbons (Fsp3) is 0. The number of benzene rings is 7. The molecule has 50 heavy (non-hydrogen) atoms. The van der Waals surface area contributed by atoms with E-state index in [2.05, 4.69) is 65.2 Å². The Morgan fingerprint density at radius 2 is 1.08 bits per heavy atom. The van der Waals surface area contributed by atoms with Gasteiger partial charge < -0.3 is 4.57 Å². The molecular formula is C45H28N4S. The molecule has 0 atom stereocenters. The highest BCUT2D eigenvalue weighted by Crippen LogP contribution is 2.43. The number of fused-ring (bicyclic) bond motifs is 6. The largest absolute Gasteiger partial charge is 0.309 e. The van der Waals surface area contributed by atoms with Crippen molar-refractivity contribution in [2.75, 3.05) is 0 Å². The molecule has 0 fully saturated rings. The molecule has 0 aliphatic rings. The molecule has 0 saturated heterocycles. The first-order valence-corrected chi connectivity index (χ1v) is 17.1. The summed E-state index contributed by atoms with van der Waals surface area (Å²) in [4.78, 5) is 15.3. The highest BCUT2D eigenvalue weighted by atomic mass is 32.1. The highest BCUT2D eigenvalue weighted by Gasteiger charge is 2.19. The SMILES string of the molecule is [2H]c1c([2H])c([2H])c(-c2cccc3c2sc2cccc(-c4nc(-c5ccccc5)nc(-c5cccc(-n6c7ccccc7c7ccccc76)c5)n4)c23)c([2H])c1[2H]. The molecule has 5 heteroatoms. The molecule has 0 aliphatic carbocycles. The van der Waals surface area contributed by atoms with Crippen molar-refractivity contribution in [3.8, 4) is 51.0 Å². The maximum Gasteiger partial charge on any atom is 0.164 e. The van der Waals surface area contributed by atoms with Crippen LogP contribution in [0.5, 0.6) is 0 Å². The predicted molar refractivity (Wildman–Crippen MR) is 209 cm³/mol. The molecule has 0 spiro atoms. The average molecular weight is 662 g/mol. The van der Waals surface area contributed by atoms with E-state index in [4.69, 9.17) is 21.8 Å². The molecule has 0 amide bonds. The number of aromatic nitrogens is 4. The van der Waals surface area contributed by atoms with Gasteiger partial charge in [0.15, 0.2) is 17.5 Å². The second-order valence-corrected chi connectivity index (χ2v) is 13.1. The van der Waals surface area contributed by atoms with Gasteiger partial charge in [0.05, 0.1) is 17.9 Å². The van der Waals surface area contributed by atoms with Crippen LogP contribution in [-0.4, -0.2) is 19.5 Å².